The van der Waals surface area contributed by atoms with Crippen LogP contribution in [0.15, 0.2) is 24.3 Å². The third-order valence-electron chi connectivity index (χ3n) is 1.04. The number of rotatable bonds is 1. The van der Waals surface area contributed by atoms with Crippen LogP contribution in [0.4, 0.5) is 11.4 Å². The second kappa shape index (κ2) is 2.37. The number of hydrogen-bond acceptors (Lipinski definition) is 3. The van der Waals surface area contributed by atoms with Gasteiger partial charge in [0.25, 0.3) is 0 Å². The highest BCUT2D eigenvalue weighted by Gasteiger charge is 1.85. The quantitative estimate of drug-likeness (QED) is 0.387. The van der Waals surface area contributed by atoms with Gasteiger partial charge in [0.2, 0.25) is 0 Å². The Labute approximate surface area is 53.1 Å². The van der Waals surface area contributed by atoms with E-state index in [0.29, 0.717) is 11.4 Å². The van der Waals surface area contributed by atoms with Crippen LogP contribution < -0.4 is 11.2 Å². The molecule has 0 aliphatic carbocycles. The average molecular weight is 124 g/mol. The highest BCUT2D eigenvalue weighted by atomic mass is 16.5. The zero-order valence-corrected chi connectivity index (χ0v) is 4.83. The fourth-order valence-corrected chi connectivity index (χ4v) is 0.558. The van der Waals surface area contributed by atoms with E-state index in [2.05, 4.69) is 0 Å². The summed E-state index contributed by atoms with van der Waals surface area (Å²) < 4.78 is 0. The van der Waals surface area contributed by atoms with E-state index in [1.165, 1.54) is 0 Å². The fourth-order valence-electron chi connectivity index (χ4n) is 0.558. The molecule has 0 spiro atoms. The van der Waals surface area contributed by atoms with Gasteiger partial charge in [0.15, 0.2) is 0 Å². The zero-order chi connectivity index (χ0) is 6.69. The van der Waals surface area contributed by atoms with Gasteiger partial charge in [-0.25, -0.2) is 0 Å². The molecule has 0 amide bonds. The lowest BCUT2D eigenvalue weighted by molar-refractivity contribution is 0.389. The molecule has 0 heterocycles. The van der Waals surface area contributed by atoms with E-state index in [0.717, 1.165) is 0 Å². The molecule has 0 aliphatic rings. The summed E-state index contributed by atoms with van der Waals surface area (Å²) in [5, 5.41) is 8.34. The molecule has 1 aromatic carbocycles. The topological polar surface area (TPSA) is 58.3 Å². The molecule has 0 radical (unpaired) electrons. The number of nitrogen functional groups attached to an aromatic ring is 1. The average Bonchev–Trinajstić information content (AvgIpc) is 1.90. The van der Waals surface area contributed by atoms with Crippen molar-refractivity contribution in [3.63, 3.8) is 0 Å². The van der Waals surface area contributed by atoms with Gasteiger partial charge in [0.05, 0.1) is 5.69 Å². The monoisotopic (exact) mass is 124 g/mol. The maximum atomic E-state index is 8.34. The zero-order valence-electron chi connectivity index (χ0n) is 4.83. The summed E-state index contributed by atoms with van der Waals surface area (Å²) in [5.41, 5.74) is 8.70. The highest BCUT2D eigenvalue weighted by Crippen LogP contribution is 2.08. The Balaban J connectivity index is 2.88. The minimum atomic E-state index is 0.643. The van der Waals surface area contributed by atoms with E-state index in [9.17, 15) is 0 Å². The highest BCUT2D eigenvalue weighted by molar-refractivity contribution is 5.49. The first-order chi connectivity index (χ1) is 4.33. The molecule has 9 heavy (non-hydrogen) atoms. The first-order valence-corrected chi connectivity index (χ1v) is 2.58. The van der Waals surface area contributed by atoms with Crippen LogP contribution in [0.1, 0.15) is 0 Å². The normalized spacial score (nSPS) is 9.00. The van der Waals surface area contributed by atoms with Gasteiger partial charge in [0.1, 0.15) is 0 Å². The van der Waals surface area contributed by atoms with E-state index in [1.54, 1.807) is 24.3 Å². The molecule has 0 fully saturated rings. The van der Waals surface area contributed by atoms with Crippen LogP contribution in [-0.2, 0) is 0 Å². The molecule has 0 saturated heterocycles. The van der Waals surface area contributed by atoms with Crippen molar-refractivity contribution < 1.29 is 5.21 Å². The molecule has 0 saturated carbocycles. The van der Waals surface area contributed by atoms with Gasteiger partial charge in [-0.3, -0.25) is 10.7 Å². The van der Waals surface area contributed by atoms with Gasteiger partial charge in [-0.05, 0) is 24.3 Å². The molecular formula is C6H8N2O. The summed E-state index contributed by atoms with van der Waals surface area (Å²) in [6, 6.07) is 6.79. The van der Waals surface area contributed by atoms with E-state index >= 15 is 0 Å². The SMILES string of the molecule is Nc1ccc(NO)cc1. The standard InChI is InChI=1S/C6H8N2O/c7-5-1-3-6(8-9)4-2-5/h1-4,8-9H,7H2. The van der Waals surface area contributed by atoms with Crippen LogP contribution in [-0.4, -0.2) is 5.21 Å². The fraction of sp³-hybridized carbons (Fsp3) is 0. The number of benzene rings is 1. The largest absolute Gasteiger partial charge is 0.399 e. The van der Waals surface area contributed by atoms with Crippen molar-refractivity contribution in [3.8, 4) is 0 Å². The van der Waals surface area contributed by atoms with Crippen molar-refractivity contribution in [3.05, 3.63) is 24.3 Å². The Hall–Kier alpha value is -1.22. The number of nitrogens with one attached hydrogen (secondary N) is 1. The second-order valence-electron chi connectivity index (χ2n) is 1.73. The van der Waals surface area contributed by atoms with Gasteiger partial charge in [-0.2, -0.15) is 0 Å². The minimum Gasteiger partial charge on any atom is -0.399 e. The summed E-state index contributed by atoms with van der Waals surface area (Å²) in [6.45, 7) is 0. The molecule has 48 valence electrons. The first-order valence-electron chi connectivity index (χ1n) is 2.58. The predicted octanol–water partition coefficient (Wildman–Crippen LogP) is 1.07. The van der Waals surface area contributed by atoms with E-state index in [-0.39, 0.29) is 0 Å². The van der Waals surface area contributed by atoms with Crippen LogP contribution in [0.5, 0.6) is 0 Å². The molecule has 1 aromatic rings. The molecule has 3 heteroatoms. The minimum absolute atomic E-state index is 0.643. The Bertz CT molecular complexity index is 183. The molecular weight excluding hydrogens is 116 g/mol. The lowest BCUT2D eigenvalue weighted by Crippen LogP contribution is -1.89. The van der Waals surface area contributed by atoms with Crippen molar-refractivity contribution in [2.24, 2.45) is 0 Å². The number of hydrogen-bond donors (Lipinski definition) is 3. The third-order valence-corrected chi connectivity index (χ3v) is 1.04. The summed E-state index contributed by atoms with van der Waals surface area (Å²) in [5.74, 6) is 0. The molecule has 0 bridgehead atoms. The number of anilines is 2. The van der Waals surface area contributed by atoms with Gasteiger partial charge in [0, 0.05) is 5.69 Å². The van der Waals surface area contributed by atoms with E-state index < -0.39 is 0 Å². The van der Waals surface area contributed by atoms with Crippen molar-refractivity contribution >= 4 is 11.4 Å². The van der Waals surface area contributed by atoms with Crippen molar-refractivity contribution in [2.75, 3.05) is 11.2 Å². The summed E-state index contributed by atoms with van der Waals surface area (Å²) in [6.07, 6.45) is 0. The van der Waals surface area contributed by atoms with Crippen LogP contribution in [0.3, 0.4) is 0 Å². The molecule has 0 unspecified atom stereocenters. The van der Waals surface area contributed by atoms with Gasteiger partial charge >= 0.3 is 0 Å². The van der Waals surface area contributed by atoms with Crippen molar-refractivity contribution in [2.45, 2.75) is 0 Å². The Morgan fingerprint density at radius 2 is 1.78 bits per heavy atom. The van der Waals surface area contributed by atoms with Crippen LogP contribution in [0.2, 0.25) is 0 Å². The molecule has 3 nitrogen and oxygen atoms in total. The maximum absolute atomic E-state index is 8.34. The molecule has 0 aliphatic heterocycles. The van der Waals surface area contributed by atoms with Gasteiger partial charge < -0.3 is 5.73 Å². The second-order valence-corrected chi connectivity index (χ2v) is 1.73. The Morgan fingerprint density at radius 1 is 1.22 bits per heavy atom. The summed E-state index contributed by atoms with van der Waals surface area (Å²) in [4.78, 5) is 0. The van der Waals surface area contributed by atoms with E-state index in [1.807, 2.05) is 5.48 Å². The predicted molar refractivity (Wildman–Crippen MR) is 36.3 cm³/mol. The summed E-state index contributed by atoms with van der Waals surface area (Å²) in [7, 11) is 0. The Morgan fingerprint density at radius 3 is 2.22 bits per heavy atom. The van der Waals surface area contributed by atoms with Crippen LogP contribution in [0.25, 0.3) is 0 Å². The number of nitrogens with two attached hydrogens (primary N) is 1. The maximum Gasteiger partial charge on any atom is 0.0603 e. The van der Waals surface area contributed by atoms with Gasteiger partial charge in [-0.1, -0.05) is 0 Å². The van der Waals surface area contributed by atoms with Crippen molar-refractivity contribution in [1.82, 2.24) is 0 Å². The van der Waals surface area contributed by atoms with Gasteiger partial charge in [-0.15, -0.1) is 0 Å². The molecule has 0 atom stereocenters. The molecule has 0 aromatic heterocycles. The smallest absolute Gasteiger partial charge is 0.0603 e. The lowest BCUT2D eigenvalue weighted by Gasteiger charge is -1.96. The molecule has 1 rings (SSSR count). The summed E-state index contributed by atoms with van der Waals surface area (Å²) >= 11 is 0. The van der Waals surface area contributed by atoms with Crippen LogP contribution >= 0.6 is 0 Å². The van der Waals surface area contributed by atoms with E-state index in [4.69, 9.17) is 10.9 Å². The third kappa shape index (κ3) is 1.33. The Kier molecular flexibility index (Phi) is 1.55. The van der Waals surface area contributed by atoms with Crippen LogP contribution in [0, 0.1) is 0 Å². The molecule has 4 N–H and O–H groups in total. The lowest BCUT2D eigenvalue weighted by atomic mass is 10.3. The first kappa shape index (κ1) is 5.91. The van der Waals surface area contributed by atoms with Crippen molar-refractivity contribution in [1.29, 1.82) is 0 Å².